The fourth-order valence-electron chi connectivity index (χ4n) is 2.88. The van der Waals surface area contributed by atoms with Crippen molar-refractivity contribution < 1.29 is 13.7 Å². The zero-order valence-electron chi connectivity index (χ0n) is 15.8. The molecule has 1 N–H and O–H groups in total. The summed E-state index contributed by atoms with van der Waals surface area (Å²) in [5, 5.41) is 7.58. The third kappa shape index (κ3) is 3.82. The highest BCUT2D eigenvalue weighted by molar-refractivity contribution is 7.83. The van der Waals surface area contributed by atoms with Gasteiger partial charge in [-0.2, -0.15) is 5.10 Å². The molecule has 26 heavy (non-hydrogen) atoms. The van der Waals surface area contributed by atoms with Gasteiger partial charge in [0, 0.05) is 21.9 Å². The zero-order chi connectivity index (χ0) is 19.1. The number of amides is 1. The lowest BCUT2D eigenvalue weighted by molar-refractivity contribution is 0.102. The second kappa shape index (κ2) is 6.87. The number of rotatable bonds is 4. The van der Waals surface area contributed by atoms with Gasteiger partial charge in [-0.25, -0.2) is 4.68 Å². The number of benzene rings is 1. The molecule has 0 saturated heterocycles. The van der Waals surface area contributed by atoms with E-state index in [0.717, 1.165) is 17.0 Å². The van der Waals surface area contributed by atoms with Gasteiger partial charge < -0.3 is 10.1 Å². The van der Waals surface area contributed by atoms with Crippen LogP contribution >= 0.6 is 0 Å². The molecule has 140 valence electrons. The summed E-state index contributed by atoms with van der Waals surface area (Å²) in [6.07, 6.45) is 0.0827. The van der Waals surface area contributed by atoms with Gasteiger partial charge in [-0.15, -0.1) is 0 Å². The van der Waals surface area contributed by atoms with E-state index < -0.39 is 10.8 Å². The summed E-state index contributed by atoms with van der Waals surface area (Å²) in [6.45, 7) is 10.00. The highest BCUT2D eigenvalue weighted by Crippen LogP contribution is 2.33. The Bertz CT molecular complexity index is 848. The molecule has 0 saturated carbocycles. The molecule has 1 atom stereocenters. The van der Waals surface area contributed by atoms with Crippen LogP contribution in [-0.2, 0) is 27.8 Å². The molecule has 0 bridgehead atoms. The first-order valence-corrected chi connectivity index (χ1v) is 10.2. The van der Waals surface area contributed by atoms with Gasteiger partial charge in [0.1, 0.15) is 11.6 Å². The minimum atomic E-state index is -0.945. The monoisotopic (exact) mass is 375 g/mol. The van der Waals surface area contributed by atoms with Crippen LogP contribution in [0.2, 0.25) is 0 Å². The second-order valence-electron chi connectivity index (χ2n) is 7.73. The Morgan fingerprint density at radius 1 is 1.23 bits per heavy atom. The van der Waals surface area contributed by atoms with Crippen molar-refractivity contribution in [1.82, 2.24) is 9.78 Å². The standard InChI is InChI=1S/C19H25N3O3S/c1-12(2)25-14-8-6-13(7-9-14)18(23)20-17-15-10-26(24)11-16(15)21-22(17)19(3,4)5/h6-9,12H,10-11H2,1-5H3,(H,20,23). The Labute approximate surface area is 156 Å². The maximum Gasteiger partial charge on any atom is 0.256 e. The molecule has 0 fully saturated rings. The van der Waals surface area contributed by atoms with E-state index in [4.69, 9.17) is 4.74 Å². The van der Waals surface area contributed by atoms with Crippen LogP contribution in [0.15, 0.2) is 24.3 Å². The van der Waals surface area contributed by atoms with Crippen LogP contribution in [-0.4, -0.2) is 26.0 Å². The molecule has 2 heterocycles. The van der Waals surface area contributed by atoms with Gasteiger partial charge in [0.2, 0.25) is 0 Å². The van der Waals surface area contributed by atoms with Crippen molar-refractivity contribution in [1.29, 1.82) is 0 Å². The Hall–Kier alpha value is -2.15. The molecular weight excluding hydrogens is 350 g/mol. The molecule has 3 rings (SSSR count). The number of nitrogens with zero attached hydrogens (tertiary/aromatic N) is 2. The van der Waals surface area contributed by atoms with Crippen LogP contribution in [0.1, 0.15) is 56.2 Å². The molecule has 1 amide bonds. The van der Waals surface area contributed by atoms with Crippen molar-refractivity contribution in [2.75, 3.05) is 5.32 Å². The number of hydrogen-bond donors (Lipinski definition) is 1. The summed E-state index contributed by atoms with van der Waals surface area (Å²) in [6, 6.07) is 7.05. The SMILES string of the molecule is CC(C)Oc1ccc(C(=O)Nc2c3c(nn2C(C)(C)C)CS(=O)C3)cc1. The summed E-state index contributed by atoms with van der Waals surface area (Å²) in [7, 11) is -0.945. The van der Waals surface area contributed by atoms with Gasteiger partial charge in [0.25, 0.3) is 5.91 Å². The molecule has 1 aliphatic rings. The van der Waals surface area contributed by atoms with Crippen molar-refractivity contribution in [2.24, 2.45) is 0 Å². The first-order chi connectivity index (χ1) is 12.1. The average Bonchev–Trinajstić information content (AvgIpc) is 3.04. The summed E-state index contributed by atoms with van der Waals surface area (Å²) < 4.78 is 19.3. The van der Waals surface area contributed by atoms with Gasteiger partial charge in [-0.05, 0) is 58.9 Å². The third-order valence-electron chi connectivity index (χ3n) is 4.03. The Balaban J connectivity index is 1.86. The molecule has 2 aromatic rings. The Kier molecular flexibility index (Phi) is 4.92. The lowest BCUT2D eigenvalue weighted by Crippen LogP contribution is -2.27. The lowest BCUT2D eigenvalue weighted by Gasteiger charge is -2.23. The van der Waals surface area contributed by atoms with Crippen LogP contribution in [0.5, 0.6) is 5.75 Å². The van der Waals surface area contributed by atoms with E-state index >= 15 is 0 Å². The number of carbonyl (C=O) groups excluding carboxylic acids is 1. The summed E-state index contributed by atoms with van der Waals surface area (Å²) in [5.74, 6) is 2.04. The minimum Gasteiger partial charge on any atom is -0.491 e. The summed E-state index contributed by atoms with van der Waals surface area (Å²) in [5.41, 5.74) is 1.94. The van der Waals surface area contributed by atoms with Crippen molar-refractivity contribution in [3.05, 3.63) is 41.1 Å². The van der Waals surface area contributed by atoms with E-state index in [-0.39, 0.29) is 17.6 Å². The number of fused-ring (bicyclic) bond motifs is 1. The van der Waals surface area contributed by atoms with E-state index in [9.17, 15) is 9.00 Å². The summed E-state index contributed by atoms with van der Waals surface area (Å²) >= 11 is 0. The van der Waals surface area contributed by atoms with Crippen molar-refractivity contribution in [3.8, 4) is 5.75 Å². The van der Waals surface area contributed by atoms with Crippen LogP contribution in [0.25, 0.3) is 0 Å². The quantitative estimate of drug-likeness (QED) is 0.888. The van der Waals surface area contributed by atoms with E-state index in [1.54, 1.807) is 24.3 Å². The van der Waals surface area contributed by atoms with Gasteiger partial charge in [-0.1, -0.05) is 0 Å². The van der Waals surface area contributed by atoms with E-state index in [2.05, 4.69) is 10.4 Å². The molecule has 1 unspecified atom stereocenters. The maximum absolute atomic E-state index is 12.7. The molecule has 1 aromatic carbocycles. The fraction of sp³-hybridized carbons (Fsp3) is 0.474. The van der Waals surface area contributed by atoms with Crippen LogP contribution in [0.4, 0.5) is 5.82 Å². The van der Waals surface area contributed by atoms with Gasteiger partial charge in [0.05, 0.1) is 28.8 Å². The Morgan fingerprint density at radius 2 is 1.88 bits per heavy atom. The lowest BCUT2D eigenvalue weighted by atomic mass is 10.1. The number of nitrogens with one attached hydrogen (secondary N) is 1. The number of carbonyl (C=O) groups is 1. The van der Waals surface area contributed by atoms with Crippen LogP contribution in [0.3, 0.4) is 0 Å². The molecular formula is C19H25N3O3S. The van der Waals surface area contributed by atoms with Crippen LogP contribution in [0, 0.1) is 0 Å². The van der Waals surface area contributed by atoms with Gasteiger partial charge >= 0.3 is 0 Å². The van der Waals surface area contributed by atoms with Crippen molar-refractivity contribution in [2.45, 2.75) is 57.8 Å². The molecule has 7 heteroatoms. The first-order valence-electron chi connectivity index (χ1n) is 8.69. The van der Waals surface area contributed by atoms with Crippen LogP contribution < -0.4 is 10.1 Å². The number of anilines is 1. The van der Waals surface area contributed by atoms with Crippen molar-refractivity contribution >= 4 is 22.5 Å². The zero-order valence-corrected chi connectivity index (χ0v) is 16.6. The maximum atomic E-state index is 12.7. The fourth-order valence-corrected chi connectivity index (χ4v) is 4.14. The third-order valence-corrected chi connectivity index (χ3v) is 5.23. The number of ether oxygens (including phenoxy) is 1. The predicted molar refractivity (Wildman–Crippen MR) is 103 cm³/mol. The number of aromatic nitrogens is 2. The van der Waals surface area contributed by atoms with E-state index in [0.29, 0.717) is 22.9 Å². The first kappa shape index (κ1) is 18.6. The normalized spacial score (nSPS) is 16.6. The highest BCUT2D eigenvalue weighted by Gasteiger charge is 2.31. The number of hydrogen-bond acceptors (Lipinski definition) is 4. The Morgan fingerprint density at radius 3 is 2.46 bits per heavy atom. The second-order valence-corrected chi connectivity index (χ2v) is 9.19. The molecule has 0 radical (unpaired) electrons. The highest BCUT2D eigenvalue weighted by atomic mass is 32.2. The molecule has 0 spiro atoms. The molecule has 1 aliphatic heterocycles. The van der Waals surface area contributed by atoms with E-state index in [1.165, 1.54) is 0 Å². The summed E-state index contributed by atoms with van der Waals surface area (Å²) in [4.78, 5) is 12.7. The molecule has 6 nitrogen and oxygen atoms in total. The van der Waals surface area contributed by atoms with Gasteiger partial charge in [-0.3, -0.25) is 9.00 Å². The largest absolute Gasteiger partial charge is 0.491 e. The van der Waals surface area contributed by atoms with E-state index in [1.807, 2.05) is 39.3 Å². The minimum absolute atomic E-state index is 0.0827. The average molecular weight is 375 g/mol. The smallest absolute Gasteiger partial charge is 0.256 e. The van der Waals surface area contributed by atoms with Crippen molar-refractivity contribution in [3.63, 3.8) is 0 Å². The van der Waals surface area contributed by atoms with Gasteiger partial charge in [0.15, 0.2) is 0 Å². The predicted octanol–water partition coefficient (Wildman–Crippen LogP) is 3.44. The topological polar surface area (TPSA) is 73.2 Å². The molecule has 0 aliphatic carbocycles. The molecule has 1 aromatic heterocycles.